The summed E-state index contributed by atoms with van der Waals surface area (Å²) in [5.74, 6) is 0. The van der Waals surface area contributed by atoms with Gasteiger partial charge in [-0.15, -0.1) is 0 Å². The van der Waals surface area contributed by atoms with Crippen molar-refractivity contribution in [1.82, 2.24) is 0 Å². The molecular formula is C68H50N2. The third kappa shape index (κ3) is 7.57. The lowest BCUT2D eigenvalue weighted by atomic mass is 9.88. The van der Waals surface area contributed by atoms with E-state index < -0.39 is 0 Å². The van der Waals surface area contributed by atoms with Crippen molar-refractivity contribution < 1.29 is 0 Å². The van der Waals surface area contributed by atoms with Crippen LogP contribution in [-0.2, 0) is 0 Å². The Morgan fingerprint density at radius 3 is 0.757 bits per heavy atom. The summed E-state index contributed by atoms with van der Waals surface area (Å²) in [4.78, 5) is 4.82. The maximum absolute atomic E-state index is 2.41. The van der Waals surface area contributed by atoms with Gasteiger partial charge >= 0.3 is 0 Å². The molecule has 0 radical (unpaired) electrons. The van der Waals surface area contributed by atoms with Crippen LogP contribution in [-0.4, -0.2) is 0 Å². The number of anilines is 6. The summed E-state index contributed by atoms with van der Waals surface area (Å²) >= 11 is 0. The molecule has 2 heteroatoms. The van der Waals surface area contributed by atoms with Crippen LogP contribution >= 0.6 is 0 Å². The van der Waals surface area contributed by atoms with Crippen molar-refractivity contribution in [3.8, 4) is 22.3 Å². The third-order valence-corrected chi connectivity index (χ3v) is 13.9. The van der Waals surface area contributed by atoms with Gasteiger partial charge in [0.05, 0.1) is 11.4 Å². The maximum atomic E-state index is 2.41. The molecule has 2 nitrogen and oxygen atoms in total. The Balaban J connectivity index is 0.921. The first-order valence-electron chi connectivity index (χ1n) is 24.2. The number of aryl methyl sites for hydroxylation is 2. The Morgan fingerprint density at radius 2 is 0.500 bits per heavy atom. The number of hydrogen-bond donors (Lipinski definition) is 0. The van der Waals surface area contributed by atoms with E-state index in [4.69, 9.17) is 0 Å². The van der Waals surface area contributed by atoms with Gasteiger partial charge in [-0.3, -0.25) is 0 Å². The van der Waals surface area contributed by atoms with Crippen LogP contribution in [0.5, 0.6) is 0 Å². The molecule has 0 bridgehead atoms. The Kier molecular flexibility index (Phi) is 11.1. The van der Waals surface area contributed by atoms with Crippen molar-refractivity contribution in [2.75, 3.05) is 9.80 Å². The molecule has 0 aliphatic rings. The van der Waals surface area contributed by atoms with Crippen LogP contribution in [0.25, 0.3) is 77.5 Å². The number of hydrogen-bond acceptors (Lipinski definition) is 2. The van der Waals surface area contributed by atoms with Gasteiger partial charge in [-0.2, -0.15) is 0 Å². The molecular weight excluding hydrogens is 845 g/mol. The minimum absolute atomic E-state index is 1.12. The van der Waals surface area contributed by atoms with E-state index in [1.807, 2.05) is 0 Å². The van der Waals surface area contributed by atoms with E-state index in [0.717, 1.165) is 22.7 Å². The average molecular weight is 895 g/mol. The van der Waals surface area contributed by atoms with Gasteiger partial charge in [-0.1, -0.05) is 218 Å². The average Bonchev–Trinajstić information content (AvgIpc) is 3.42. The van der Waals surface area contributed by atoms with E-state index in [0.29, 0.717) is 0 Å². The molecule has 0 unspecified atom stereocenters. The van der Waals surface area contributed by atoms with Gasteiger partial charge in [0.2, 0.25) is 0 Å². The number of para-hydroxylation sites is 4. The normalized spacial score (nSPS) is 11.5. The summed E-state index contributed by atoms with van der Waals surface area (Å²) in [5, 5.41) is 9.76. The van der Waals surface area contributed by atoms with Crippen LogP contribution < -0.4 is 9.80 Å². The summed E-state index contributed by atoms with van der Waals surface area (Å²) < 4.78 is 0. The molecule has 332 valence electrons. The predicted octanol–water partition coefficient (Wildman–Crippen LogP) is 19.4. The van der Waals surface area contributed by atoms with Crippen LogP contribution in [0.3, 0.4) is 0 Å². The molecule has 0 N–H and O–H groups in total. The van der Waals surface area contributed by atoms with Crippen LogP contribution in [0.4, 0.5) is 34.1 Å². The monoisotopic (exact) mass is 894 g/mol. The van der Waals surface area contributed by atoms with E-state index in [9.17, 15) is 0 Å². The van der Waals surface area contributed by atoms with Crippen molar-refractivity contribution >= 4 is 89.4 Å². The molecule has 12 rings (SSSR count). The molecule has 0 fully saturated rings. The Hall–Kier alpha value is -8.98. The van der Waals surface area contributed by atoms with Gasteiger partial charge in [0.15, 0.2) is 0 Å². The van der Waals surface area contributed by atoms with Crippen LogP contribution in [0.1, 0.15) is 22.3 Å². The van der Waals surface area contributed by atoms with Crippen molar-refractivity contribution in [2.24, 2.45) is 0 Å². The van der Waals surface area contributed by atoms with Gasteiger partial charge in [0.25, 0.3) is 0 Å². The summed E-state index contributed by atoms with van der Waals surface area (Å²) in [7, 11) is 0. The van der Waals surface area contributed by atoms with Crippen molar-refractivity contribution in [3.63, 3.8) is 0 Å². The predicted molar refractivity (Wildman–Crippen MR) is 302 cm³/mol. The smallest absolute Gasteiger partial charge is 0.0618 e. The zero-order chi connectivity index (χ0) is 47.0. The number of benzene rings is 12. The molecule has 0 spiro atoms. The molecule has 0 heterocycles. The quantitative estimate of drug-likeness (QED) is 0.0997. The van der Waals surface area contributed by atoms with Crippen molar-refractivity contribution in [3.05, 3.63) is 277 Å². The molecule has 0 atom stereocenters. The van der Waals surface area contributed by atoms with Crippen LogP contribution in [0.15, 0.2) is 255 Å². The van der Waals surface area contributed by atoms with Crippen LogP contribution in [0, 0.1) is 13.8 Å². The van der Waals surface area contributed by atoms with Gasteiger partial charge in [-0.25, -0.2) is 0 Å². The molecule has 0 aliphatic carbocycles. The molecule has 12 aromatic rings. The van der Waals surface area contributed by atoms with Crippen molar-refractivity contribution in [2.45, 2.75) is 13.8 Å². The largest absolute Gasteiger partial charge is 0.309 e. The van der Waals surface area contributed by atoms with E-state index in [-0.39, 0.29) is 0 Å². The fourth-order valence-electron chi connectivity index (χ4n) is 10.7. The Bertz CT molecular complexity index is 3450. The van der Waals surface area contributed by atoms with Gasteiger partial charge in [-0.05, 0) is 128 Å². The second kappa shape index (κ2) is 18.3. The Labute approximate surface area is 410 Å². The molecule has 0 aliphatic heterocycles. The SMILES string of the molecule is Cc1cc(-c2c3ccccc3c(N(c3ccccc3)c3ccccc3)c3ccccc23)ccc1C=Cc1ccc(-c2c3ccccc3c(N(c3ccccc3)c3ccccc3)c3ccccc23)cc1C. The molecule has 0 saturated carbocycles. The third-order valence-electron chi connectivity index (χ3n) is 13.9. The fourth-order valence-corrected chi connectivity index (χ4v) is 10.7. The minimum atomic E-state index is 1.12. The highest BCUT2D eigenvalue weighted by Crippen LogP contribution is 2.50. The lowest BCUT2D eigenvalue weighted by Crippen LogP contribution is -2.11. The first-order valence-corrected chi connectivity index (χ1v) is 24.2. The summed E-state index contributed by atoms with van der Waals surface area (Å²) in [6.45, 7) is 4.47. The Morgan fingerprint density at radius 1 is 0.257 bits per heavy atom. The highest BCUT2D eigenvalue weighted by molar-refractivity contribution is 6.24. The second-order valence-electron chi connectivity index (χ2n) is 18.1. The lowest BCUT2D eigenvalue weighted by Gasteiger charge is -2.29. The van der Waals surface area contributed by atoms with E-state index in [1.165, 1.54) is 99.0 Å². The van der Waals surface area contributed by atoms with E-state index in [1.54, 1.807) is 0 Å². The first kappa shape index (κ1) is 42.4. The molecule has 0 saturated heterocycles. The van der Waals surface area contributed by atoms with Gasteiger partial charge < -0.3 is 9.80 Å². The second-order valence-corrected chi connectivity index (χ2v) is 18.1. The van der Waals surface area contributed by atoms with E-state index >= 15 is 0 Å². The number of fused-ring (bicyclic) bond motifs is 4. The first-order chi connectivity index (χ1) is 34.6. The topological polar surface area (TPSA) is 6.48 Å². The van der Waals surface area contributed by atoms with Gasteiger partial charge in [0.1, 0.15) is 0 Å². The zero-order valence-electron chi connectivity index (χ0n) is 39.3. The number of rotatable bonds is 10. The molecule has 12 aromatic carbocycles. The summed E-state index contributed by atoms with van der Waals surface area (Å²) in [6, 6.07) is 92.4. The summed E-state index contributed by atoms with van der Waals surface area (Å²) in [6.07, 6.45) is 4.55. The number of nitrogens with zero attached hydrogens (tertiary/aromatic N) is 2. The zero-order valence-corrected chi connectivity index (χ0v) is 39.3. The highest BCUT2D eigenvalue weighted by Gasteiger charge is 2.24. The van der Waals surface area contributed by atoms with Crippen LogP contribution in [0.2, 0.25) is 0 Å². The molecule has 70 heavy (non-hydrogen) atoms. The molecule has 0 aromatic heterocycles. The fraction of sp³-hybridized carbons (Fsp3) is 0.0294. The maximum Gasteiger partial charge on any atom is 0.0618 e. The highest BCUT2D eigenvalue weighted by atomic mass is 15.2. The minimum Gasteiger partial charge on any atom is -0.309 e. The van der Waals surface area contributed by atoms with Gasteiger partial charge in [0, 0.05) is 44.3 Å². The standard InChI is InChI=1S/C68H50N2/c1-47-45-51(65-57-31-15-19-35-61(57)67(62-36-20-16-32-58(62)65)69(53-23-7-3-8-24-53)54-25-9-4-10-26-54)43-41-49(47)39-40-50-42-44-52(46-48(50)2)66-59-33-17-21-37-63(59)68(64-38-22-18-34-60(64)66)70(55-27-11-5-12-28-55)56-29-13-6-14-30-56/h3-46H,1-2H3. The molecule has 0 amide bonds. The van der Waals surface area contributed by atoms with E-state index in [2.05, 4.69) is 291 Å². The van der Waals surface area contributed by atoms with Crippen molar-refractivity contribution in [1.29, 1.82) is 0 Å². The lowest BCUT2D eigenvalue weighted by molar-refractivity contribution is 1.31. The summed E-state index contributed by atoms with van der Waals surface area (Å²) in [5.41, 5.74) is 16.6.